The van der Waals surface area contributed by atoms with Gasteiger partial charge in [-0.05, 0) is 47.7 Å². The highest BCUT2D eigenvalue weighted by molar-refractivity contribution is 8.00. The van der Waals surface area contributed by atoms with Crippen molar-refractivity contribution in [2.75, 3.05) is 4.90 Å². The number of rotatable bonds is 5. The fourth-order valence-corrected chi connectivity index (χ4v) is 2.83. The Morgan fingerprint density at radius 1 is 1.19 bits per heavy atom. The first-order valence-electron chi connectivity index (χ1n) is 7.57. The van der Waals surface area contributed by atoms with Crippen LogP contribution in [0, 0.1) is 17.1 Å². The SMILES string of the molecule is CCC(=O)N(Cc1ccc(SC(F)(F)F)cc1)c1cc(F)cc(C#N)c1. The molecule has 2 rings (SSSR count). The molecule has 1 amide bonds. The zero-order chi connectivity index (χ0) is 19.3. The molecule has 0 atom stereocenters. The van der Waals surface area contributed by atoms with Gasteiger partial charge in [0.25, 0.3) is 0 Å². The van der Waals surface area contributed by atoms with E-state index >= 15 is 0 Å². The first-order chi connectivity index (χ1) is 12.2. The van der Waals surface area contributed by atoms with Gasteiger partial charge in [-0.3, -0.25) is 4.79 Å². The minimum Gasteiger partial charge on any atom is -0.308 e. The van der Waals surface area contributed by atoms with Gasteiger partial charge in [0.1, 0.15) is 5.82 Å². The maximum atomic E-state index is 13.7. The first kappa shape index (κ1) is 19.8. The number of halogens is 4. The summed E-state index contributed by atoms with van der Waals surface area (Å²) in [5, 5.41) is 8.96. The number of benzene rings is 2. The Bertz CT molecular complexity index is 829. The Morgan fingerprint density at radius 3 is 2.38 bits per heavy atom. The Balaban J connectivity index is 2.28. The molecule has 0 radical (unpaired) electrons. The second-order valence-electron chi connectivity index (χ2n) is 5.34. The summed E-state index contributed by atoms with van der Waals surface area (Å²) in [7, 11) is 0. The smallest absolute Gasteiger partial charge is 0.308 e. The number of thioether (sulfide) groups is 1. The number of nitrogens with zero attached hydrogens (tertiary/aromatic N) is 2. The van der Waals surface area contributed by atoms with Crippen molar-refractivity contribution in [3.8, 4) is 6.07 Å². The highest BCUT2D eigenvalue weighted by atomic mass is 32.2. The molecule has 0 aromatic heterocycles. The van der Waals surface area contributed by atoms with Crippen LogP contribution in [-0.2, 0) is 11.3 Å². The molecule has 8 heteroatoms. The third kappa shape index (κ3) is 5.49. The molecule has 0 fully saturated rings. The fourth-order valence-electron chi connectivity index (χ4n) is 2.29. The summed E-state index contributed by atoms with van der Waals surface area (Å²) in [5.41, 5.74) is -3.49. The van der Waals surface area contributed by atoms with Gasteiger partial charge < -0.3 is 4.90 Å². The summed E-state index contributed by atoms with van der Waals surface area (Å²) in [6, 6.07) is 11.0. The monoisotopic (exact) mass is 382 g/mol. The van der Waals surface area contributed by atoms with E-state index in [9.17, 15) is 22.4 Å². The van der Waals surface area contributed by atoms with E-state index in [0.717, 1.165) is 12.1 Å². The second kappa shape index (κ2) is 8.23. The average molecular weight is 382 g/mol. The van der Waals surface area contributed by atoms with E-state index < -0.39 is 11.3 Å². The molecule has 0 saturated carbocycles. The molecule has 0 bridgehead atoms. The maximum absolute atomic E-state index is 13.7. The van der Waals surface area contributed by atoms with E-state index in [1.54, 1.807) is 6.92 Å². The van der Waals surface area contributed by atoms with E-state index in [4.69, 9.17) is 5.26 Å². The number of carbonyl (C=O) groups excluding carboxylic acids is 1. The number of alkyl halides is 3. The Morgan fingerprint density at radius 2 is 1.85 bits per heavy atom. The maximum Gasteiger partial charge on any atom is 0.446 e. The van der Waals surface area contributed by atoms with Crippen LogP contribution >= 0.6 is 11.8 Å². The largest absolute Gasteiger partial charge is 0.446 e. The molecule has 0 unspecified atom stereocenters. The van der Waals surface area contributed by atoms with Gasteiger partial charge in [0, 0.05) is 17.0 Å². The van der Waals surface area contributed by atoms with Crippen LogP contribution in [0.3, 0.4) is 0 Å². The molecule has 0 heterocycles. The van der Waals surface area contributed by atoms with Gasteiger partial charge in [0.05, 0.1) is 18.2 Å². The lowest BCUT2D eigenvalue weighted by Crippen LogP contribution is -2.29. The molecule has 0 saturated heterocycles. The summed E-state index contributed by atoms with van der Waals surface area (Å²) >= 11 is -0.224. The van der Waals surface area contributed by atoms with Gasteiger partial charge in [-0.25, -0.2) is 4.39 Å². The highest BCUT2D eigenvalue weighted by Crippen LogP contribution is 2.36. The average Bonchev–Trinajstić information content (AvgIpc) is 2.58. The van der Waals surface area contributed by atoms with E-state index in [1.165, 1.54) is 35.2 Å². The van der Waals surface area contributed by atoms with E-state index in [1.807, 2.05) is 6.07 Å². The molecule has 0 aliphatic rings. The lowest BCUT2D eigenvalue weighted by atomic mass is 10.1. The van der Waals surface area contributed by atoms with Crippen LogP contribution < -0.4 is 4.90 Å². The van der Waals surface area contributed by atoms with E-state index in [2.05, 4.69) is 0 Å². The van der Waals surface area contributed by atoms with Crippen molar-refractivity contribution >= 4 is 23.4 Å². The van der Waals surface area contributed by atoms with Crippen LogP contribution in [0.25, 0.3) is 0 Å². The van der Waals surface area contributed by atoms with Crippen molar-refractivity contribution in [3.63, 3.8) is 0 Å². The number of anilines is 1. The second-order valence-corrected chi connectivity index (χ2v) is 6.47. The van der Waals surface area contributed by atoms with Crippen molar-refractivity contribution in [3.05, 3.63) is 59.4 Å². The Kier molecular flexibility index (Phi) is 6.27. The number of hydrogen-bond donors (Lipinski definition) is 0. The van der Waals surface area contributed by atoms with Crippen LogP contribution in [0.2, 0.25) is 0 Å². The van der Waals surface area contributed by atoms with Crippen LogP contribution in [0.1, 0.15) is 24.5 Å². The fraction of sp³-hybridized carbons (Fsp3) is 0.222. The van der Waals surface area contributed by atoms with E-state index in [0.29, 0.717) is 5.56 Å². The van der Waals surface area contributed by atoms with Gasteiger partial charge >= 0.3 is 5.51 Å². The van der Waals surface area contributed by atoms with Crippen LogP contribution in [-0.4, -0.2) is 11.4 Å². The van der Waals surface area contributed by atoms with Gasteiger partial charge in [0.2, 0.25) is 5.91 Å². The minimum atomic E-state index is -4.37. The Labute approximate surface area is 152 Å². The summed E-state index contributed by atoms with van der Waals surface area (Å²) in [5.74, 6) is -0.946. The molecule has 0 aliphatic heterocycles. The summed E-state index contributed by atoms with van der Waals surface area (Å²) in [6.45, 7) is 1.70. The van der Waals surface area contributed by atoms with Gasteiger partial charge in [-0.2, -0.15) is 18.4 Å². The molecule has 26 heavy (non-hydrogen) atoms. The summed E-state index contributed by atoms with van der Waals surface area (Å²) in [6.07, 6.45) is 0.153. The van der Waals surface area contributed by atoms with Gasteiger partial charge in [0.15, 0.2) is 0 Å². The van der Waals surface area contributed by atoms with Crippen LogP contribution in [0.5, 0.6) is 0 Å². The zero-order valence-electron chi connectivity index (χ0n) is 13.7. The lowest BCUT2D eigenvalue weighted by molar-refractivity contribution is -0.118. The normalized spacial score (nSPS) is 11.1. The molecule has 2 aromatic carbocycles. The molecule has 2 aromatic rings. The summed E-state index contributed by atoms with van der Waals surface area (Å²) in [4.78, 5) is 13.6. The molecule has 3 nitrogen and oxygen atoms in total. The predicted octanol–water partition coefficient (Wildman–Crippen LogP) is 5.25. The molecule has 0 spiro atoms. The number of nitriles is 1. The van der Waals surface area contributed by atoms with E-state index in [-0.39, 0.29) is 46.8 Å². The Hall–Kier alpha value is -2.53. The third-order valence-corrected chi connectivity index (χ3v) is 4.16. The van der Waals surface area contributed by atoms with Crippen molar-refractivity contribution in [1.29, 1.82) is 5.26 Å². The quantitative estimate of drug-likeness (QED) is 0.524. The van der Waals surface area contributed by atoms with Crippen molar-refractivity contribution in [1.82, 2.24) is 0 Å². The standard InChI is InChI=1S/C18H14F4N2OS/c1-2-17(25)24(15-8-13(10-23)7-14(19)9-15)11-12-3-5-16(6-4-12)26-18(20,21)22/h3-9H,2,11H2,1H3. The number of hydrogen-bond acceptors (Lipinski definition) is 3. The molecule has 0 N–H and O–H groups in total. The van der Waals surface area contributed by atoms with Gasteiger partial charge in [-0.15, -0.1) is 0 Å². The van der Waals surface area contributed by atoms with Crippen molar-refractivity contribution in [2.24, 2.45) is 0 Å². The molecular weight excluding hydrogens is 368 g/mol. The first-order valence-corrected chi connectivity index (χ1v) is 8.39. The molecular formula is C18H14F4N2OS. The topological polar surface area (TPSA) is 44.1 Å². The van der Waals surface area contributed by atoms with Crippen LogP contribution in [0.4, 0.5) is 23.2 Å². The predicted molar refractivity (Wildman–Crippen MR) is 91.0 cm³/mol. The van der Waals surface area contributed by atoms with Crippen molar-refractivity contribution < 1.29 is 22.4 Å². The number of carbonyl (C=O) groups is 1. The highest BCUT2D eigenvalue weighted by Gasteiger charge is 2.29. The van der Waals surface area contributed by atoms with Gasteiger partial charge in [-0.1, -0.05) is 19.1 Å². The third-order valence-electron chi connectivity index (χ3n) is 3.42. The summed E-state index contributed by atoms with van der Waals surface area (Å²) < 4.78 is 50.8. The molecule has 136 valence electrons. The van der Waals surface area contributed by atoms with Crippen LogP contribution in [0.15, 0.2) is 47.4 Å². The minimum absolute atomic E-state index is 0.0344. The lowest BCUT2D eigenvalue weighted by Gasteiger charge is -2.23. The zero-order valence-corrected chi connectivity index (χ0v) is 14.5. The number of amides is 1. The van der Waals surface area contributed by atoms with Crippen molar-refractivity contribution in [2.45, 2.75) is 30.3 Å². The molecule has 0 aliphatic carbocycles.